The van der Waals surface area contributed by atoms with Crippen LogP contribution in [0.4, 0.5) is 0 Å². The zero-order valence-electron chi connectivity index (χ0n) is 12.5. The second kappa shape index (κ2) is 7.62. The van der Waals surface area contributed by atoms with E-state index in [1.54, 1.807) is 7.05 Å². The minimum atomic E-state index is 0.128. The van der Waals surface area contributed by atoms with Gasteiger partial charge in [0.1, 0.15) is 0 Å². The van der Waals surface area contributed by atoms with Crippen molar-refractivity contribution in [2.24, 2.45) is 11.8 Å². The first-order chi connectivity index (χ1) is 9.72. The number of nitrogens with one attached hydrogen (secondary N) is 2. The summed E-state index contributed by atoms with van der Waals surface area (Å²) in [7, 11) is 1.68. The van der Waals surface area contributed by atoms with Crippen molar-refractivity contribution in [1.29, 1.82) is 0 Å². The molecule has 20 heavy (non-hydrogen) atoms. The maximum absolute atomic E-state index is 12.2. The van der Waals surface area contributed by atoms with Crippen molar-refractivity contribution in [1.82, 2.24) is 15.5 Å². The SMILES string of the molecule is CNC(=O)CCCCCC1CC1C(=O)N1CCNCC1. The highest BCUT2D eigenvalue weighted by molar-refractivity contribution is 5.81. The van der Waals surface area contributed by atoms with Crippen LogP contribution in [0.3, 0.4) is 0 Å². The first kappa shape index (κ1) is 15.3. The second-order valence-corrected chi connectivity index (χ2v) is 5.95. The van der Waals surface area contributed by atoms with E-state index >= 15 is 0 Å². The van der Waals surface area contributed by atoms with Gasteiger partial charge in [-0.25, -0.2) is 0 Å². The largest absolute Gasteiger partial charge is 0.359 e. The van der Waals surface area contributed by atoms with Crippen LogP contribution in [-0.4, -0.2) is 49.9 Å². The fourth-order valence-electron chi connectivity index (χ4n) is 2.98. The van der Waals surface area contributed by atoms with E-state index < -0.39 is 0 Å². The molecular weight excluding hydrogens is 254 g/mol. The minimum absolute atomic E-state index is 0.128. The van der Waals surface area contributed by atoms with Gasteiger partial charge in [-0.2, -0.15) is 0 Å². The fraction of sp³-hybridized carbons (Fsp3) is 0.867. The lowest BCUT2D eigenvalue weighted by molar-refractivity contribution is -0.133. The van der Waals surface area contributed by atoms with Crippen molar-refractivity contribution < 1.29 is 9.59 Å². The summed E-state index contributed by atoms with van der Waals surface area (Å²) in [6, 6.07) is 0. The van der Waals surface area contributed by atoms with E-state index in [0.717, 1.165) is 58.3 Å². The van der Waals surface area contributed by atoms with E-state index in [0.29, 0.717) is 24.2 Å². The molecule has 1 aliphatic carbocycles. The highest BCUT2D eigenvalue weighted by Gasteiger charge is 2.44. The number of amides is 2. The molecule has 0 aromatic rings. The molecule has 1 saturated carbocycles. The molecule has 2 atom stereocenters. The van der Waals surface area contributed by atoms with Crippen LogP contribution >= 0.6 is 0 Å². The predicted molar refractivity (Wildman–Crippen MR) is 78.2 cm³/mol. The van der Waals surface area contributed by atoms with Crippen molar-refractivity contribution in [2.75, 3.05) is 33.2 Å². The van der Waals surface area contributed by atoms with Gasteiger partial charge in [0.2, 0.25) is 11.8 Å². The Bertz CT molecular complexity index is 340. The quantitative estimate of drug-likeness (QED) is 0.677. The molecule has 1 saturated heterocycles. The second-order valence-electron chi connectivity index (χ2n) is 5.95. The number of carbonyl (C=O) groups excluding carboxylic acids is 2. The lowest BCUT2D eigenvalue weighted by Gasteiger charge is -2.27. The Morgan fingerprint density at radius 1 is 1.20 bits per heavy atom. The number of hydrogen-bond donors (Lipinski definition) is 2. The number of rotatable bonds is 7. The van der Waals surface area contributed by atoms with Crippen LogP contribution in [0.1, 0.15) is 38.5 Å². The number of hydrogen-bond acceptors (Lipinski definition) is 3. The molecule has 2 amide bonds. The standard InChI is InChI=1S/C15H27N3O2/c1-16-14(19)6-4-2-3-5-12-11-13(12)15(20)18-9-7-17-8-10-18/h12-13,17H,2-11H2,1H3,(H,16,19). The van der Waals surface area contributed by atoms with Crippen LogP contribution in [0, 0.1) is 11.8 Å². The molecule has 1 heterocycles. The van der Waals surface area contributed by atoms with Gasteiger partial charge in [0, 0.05) is 45.6 Å². The molecule has 2 aliphatic rings. The fourth-order valence-corrected chi connectivity index (χ4v) is 2.98. The summed E-state index contributed by atoms with van der Waals surface area (Å²) in [5.74, 6) is 1.41. The first-order valence-corrected chi connectivity index (χ1v) is 7.92. The summed E-state index contributed by atoms with van der Waals surface area (Å²) < 4.78 is 0. The monoisotopic (exact) mass is 281 g/mol. The molecule has 0 aromatic carbocycles. The third kappa shape index (κ3) is 4.47. The zero-order valence-corrected chi connectivity index (χ0v) is 12.5. The summed E-state index contributed by atoms with van der Waals surface area (Å²) >= 11 is 0. The Kier molecular flexibility index (Phi) is 5.83. The lowest BCUT2D eigenvalue weighted by Crippen LogP contribution is -2.47. The van der Waals surface area contributed by atoms with Crippen molar-refractivity contribution in [2.45, 2.75) is 38.5 Å². The van der Waals surface area contributed by atoms with E-state index in [-0.39, 0.29) is 5.91 Å². The molecule has 5 nitrogen and oxygen atoms in total. The Morgan fingerprint density at radius 2 is 1.95 bits per heavy atom. The Hall–Kier alpha value is -1.10. The molecule has 0 radical (unpaired) electrons. The number of carbonyl (C=O) groups is 2. The summed E-state index contributed by atoms with van der Waals surface area (Å²) in [4.78, 5) is 25.3. The third-order valence-corrected chi connectivity index (χ3v) is 4.43. The predicted octanol–water partition coefficient (Wildman–Crippen LogP) is 0.751. The minimum Gasteiger partial charge on any atom is -0.359 e. The van der Waals surface area contributed by atoms with Crippen molar-refractivity contribution >= 4 is 11.8 Å². The van der Waals surface area contributed by atoms with Crippen molar-refractivity contribution in [3.8, 4) is 0 Å². The van der Waals surface area contributed by atoms with E-state index in [2.05, 4.69) is 10.6 Å². The molecule has 114 valence electrons. The molecule has 2 fully saturated rings. The molecule has 0 spiro atoms. The Balaban J connectivity index is 1.54. The maximum atomic E-state index is 12.2. The van der Waals surface area contributed by atoms with E-state index in [4.69, 9.17) is 0 Å². The summed E-state index contributed by atoms with van der Waals surface area (Å²) in [6.45, 7) is 3.60. The maximum Gasteiger partial charge on any atom is 0.226 e. The van der Waals surface area contributed by atoms with Crippen LogP contribution in [-0.2, 0) is 9.59 Å². The Labute approximate surface area is 121 Å². The van der Waals surface area contributed by atoms with Crippen LogP contribution < -0.4 is 10.6 Å². The average Bonchev–Trinajstić information content (AvgIpc) is 3.26. The van der Waals surface area contributed by atoms with Gasteiger partial charge in [-0.05, 0) is 25.2 Å². The van der Waals surface area contributed by atoms with E-state index in [1.165, 1.54) is 0 Å². The lowest BCUT2D eigenvalue weighted by atomic mass is 10.1. The number of nitrogens with zero attached hydrogens (tertiary/aromatic N) is 1. The molecule has 2 N–H and O–H groups in total. The first-order valence-electron chi connectivity index (χ1n) is 7.92. The highest BCUT2D eigenvalue weighted by atomic mass is 16.2. The van der Waals surface area contributed by atoms with Crippen LogP contribution in [0.25, 0.3) is 0 Å². The molecule has 1 aliphatic heterocycles. The average molecular weight is 281 g/mol. The van der Waals surface area contributed by atoms with E-state index in [9.17, 15) is 9.59 Å². The van der Waals surface area contributed by atoms with Gasteiger partial charge >= 0.3 is 0 Å². The van der Waals surface area contributed by atoms with Crippen LogP contribution in [0.15, 0.2) is 0 Å². The van der Waals surface area contributed by atoms with Crippen molar-refractivity contribution in [3.05, 3.63) is 0 Å². The van der Waals surface area contributed by atoms with Gasteiger partial charge < -0.3 is 15.5 Å². The number of piperazine rings is 1. The molecule has 5 heteroatoms. The smallest absolute Gasteiger partial charge is 0.226 e. The molecular formula is C15H27N3O2. The highest BCUT2D eigenvalue weighted by Crippen LogP contribution is 2.43. The van der Waals surface area contributed by atoms with Gasteiger partial charge in [0.15, 0.2) is 0 Å². The van der Waals surface area contributed by atoms with E-state index in [1.807, 2.05) is 4.90 Å². The molecule has 2 unspecified atom stereocenters. The van der Waals surface area contributed by atoms with Crippen LogP contribution in [0.5, 0.6) is 0 Å². The van der Waals surface area contributed by atoms with Gasteiger partial charge in [-0.3, -0.25) is 9.59 Å². The van der Waals surface area contributed by atoms with Gasteiger partial charge in [0.25, 0.3) is 0 Å². The van der Waals surface area contributed by atoms with Gasteiger partial charge in [-0.1, -0.05) is 12.8 Å². The summed E-state index contributed by atoms with van der Waals surface area (Å²) in [5.41, 5.74) is 0. The summed E-state index contributed by atoms with van der Waals surface area (Å²) in [6.07, 6.45) is 6.06. The molecule has 0 bridgehead atoms. The Morgan fingerprint density at radius 3 is 2.65 bits per heavy atom. The molecule has 2 rings (SSSR count). The normalized spacial score (nSPS) is 25.4. The molecule has 0 aromatic heterocycles. The van der Waals surface area contributed by atoms with Crippen LogP contribution in [0.2, 0.25) is 0 Å². The topological polar surface area (TPSA) is 61.4 Å². The zero-order chi connectivity index (χ0) is 14.4. The number of unbranched alkanes of at least 4 members (excludes halogenated alkanes) is 2. The summed E-state index contributed by atoms with van der Waals surface area (Å²) in [5, 5.41) is 5.92. The van der Waals surface area contributed by atoms with Gasteiger partial charge in [0.05, 0.1) is 0 Å². The van der Waals surface area contributed by atoms with Crippen molar-refractivity contribution in [3.63, 3.8) is 0 Å². The van der Waals surface area contributed by atoms with Gasteiger partial charge in [-0.15, -0.1) is 0 Å². The third-order valence-electron chi connectivity index (χ3n) is 4.43.